The Labute approximate surface area is 129 Å². The minimum Gasteiger partial charge on any atom is -0.392 e. The predicted octanol–water partition coefficient (Wildman–Crippen LogP) is 2.18. The van der Waals surface area contributed by atoms with Crippen LogP contribution < -0.4 is 4.72 Å². The molecule has 0 amide bonds. The molecule has 1 aromatic heterocycles. The average Bonchev–Trinajstić information content (AvgIpc) is 2.92. The molecule has 8 heteroatoms. The van der Waals surface area contributed by atoms with Crippen LogP contribution in [0.5, 0.6) is 0 Å². The molecule has 5 nitrogen and oxygen atoms in total. The lowest BCUT2D eigenvalue weighted by atomic mass is 10.2. The Bertz CT molecular complexity index is 700. The van der Waals surface area contributed by atoms with E-state index in [4.69, 9.17) is 0 Å². The number of hydrogen-bond acceptors (Lipinski definition) is 5. The molecule has 0 radical (unpaired) electrons. The van der Waals surface area contributed by atoms with Gasteiger partial charge in [-0.05, 0) is 30.2 Å². The molecular weight excluding hydrogens is 364 g/mol. The zero-order valence-corrected chi connectivity index (χ0v) is 13.8. The SMILES string of the molecule is Cc1c(Br)cc(CO)cc1S(=O)(=O)NCc1cncs1. The van der Waals surface area contributed by atoms with Gasteiger partial charge in [0.1, 0.15) is 0 Å². The first-order valence-electron chi connectivity index (χ1n) is 5.71. The Morgan fingerprint density at radius 3 is 2.80 bits per heavy atom. The molecular formula is C12H13BrN2O3S2. The van der Waals surface area contributed by atoms with Crippen LogP contribution in [0.1, 0.15) is 16.0 Å². The summed E-state index contributed by atoms with van der Waals surface area (Å²) in [5.41, 5.74) is 2.80. The van der Waals surface area contributed by atoms with Crippen molar-refractivity contribution >= 4 is 37.3 Å². The topological polar surface area (TPSA) is 79.3 Å². The Morgan fingerprint density at radius 2 is 2.20 bits per heavy atom. The molecule has 20 heavy (non-hydrogen) atoms. The number of halogens is 1. The Hall–Kier alpha value is -0.800. The van der Waals surface area contributed by atoms with E-state index in [1.54, 1.807) is 24.7 Å². The van der Waals surface area contributed by atoms with Gasteiger partial charge in [-0.15, -0.1) is 11.3 Å². The third-order valence-electron chi connectivity index (χ3n) is 2.75. The van der Waals surface area contributed by atoms with E-state index in [2.05, 4.69) is 25.6 Å². The summed E-state index contributed by atoms with van der Waals surface area (Å²) in [7, 11) is -3.63. The second-order valence-corrected chi connectivity index (χ2v) is 7.71. The number of aromatic nitrogens is 1. The van der Waals surface area contributed by atoms with E-state index >= 15 is 0 Å². The van der Waals surface area contributed by atoms with Gasteiger partial charge in [0.15, 0.2) is 0 Å². The fourth-order valence-corrected chi connectivity index (χ4v) is 4.24. The molecule has 0 aliphatic rings. The van der Waals surface area contributed by atoms with Gasteiger partial charge in [0.2, 0.25) is 10.0 Å². The summed E-state index contributed by atoms with van der Waals surface area (Å²) < 4.78 is 27.9. The number of nitrogens with one attached hydrogen (secondary N) is 1. The molecule has 1 heterocycles. The largest absolute Gasteiger partial charge is 0.392 e. The summed E-state index contributed by atoms with van der Waals surface area (Å²) in [6, 6.07) is 3.19. The smallest absolute Gasteiger partial charge is 0.241 e. The third kappa shape index (κ3) is 3.44. The highest BCUT2D eigenvalue weighted by molar-refractivity contribution is 9.10. The Kier molecular flexibility index (Phi) is 4.92. The van der Waals surface area contributed by atoms with E-state index in [1.165, 1.54) is 17.4 Å². The maximum atomic E-state index is 12.3. The van der Waals surface area contributed by atoms with Crippen LogP contribution in [-0.4, -0.2) is 18.5 Å². The van der Waals surface area contributed by atoms with Crippen LogP contribution in [0.25, 0.3) is 0 Å². The molecule has 0 spiro atoms. The number of nitrogens with zero attached hydrogens (tertiary/aromatic N) is 1. The van der Waals surface area contributed by atoms with Gasteiger partial charge in [-0.2, -0.15) is 0 Å². The quantitative estimate of drug-likeness (QED) is 0.837. The number of rotatable bonds is 5. The van der Waals surface area contributed by atoms with Gasteiger partial charge in [-0.3, -0.25) is 4.98 Å². The first-order valence-corrected chi connectivity index (χ1v) is 8.86. The minimum atomic E-state index is -3.63. The van der Waals surface area contributed by atoms with Gasteiger partial charge >= 0.3 is 0 Å². The van der Waals surface area contributed by atoms with Crippen molar-refractivity contribution in [2.45, 2.75) is 25.0 Å². The molecule has 0 bridgehead atoms. The molecule has 1 aromatic carbocycles. The van der Waals surface area contributed by atoms with Crippen molar-refractivity contribution in [1.29, 1.82) is 0 Å². The third-order valence-corrected chi connectivity index (χ3v) is 5.88. The van der Waals surface area contributed by atoms with E-state index in [0.29, 0.717) is 15.6 Å². The van der Waals surface area contributed by atoms with Crippen molar-refractivity contribution in [2.75, 3.05) is 0 Å². The molecule has 0 aliphatic carbocycles. The lowest BCUT2D eigenvalue weighted by Crippen LogP contribution is -2.24. The fourth-order valence-electron chi connectivity index (χ4n) is 1.65. The van der Waals surface area contributed by atoms with E-state index in [1.807, 2.05) is 0 Å². The first kappa shape index (κ1) is 15.6. The zero-order chi connectivity index (χ0) is 14.8. The van der Waals surface area contributed by atoms with E-state index in [-0.39, 0.29) is 18.0 Å². The van der Waals surface area contributed by atoms with Gasteiger partial charge in [0, 0.05) is 22.1 Å². The molecule has 2 rings (SSSR count). The highest BCUT2D eigenvalue weighted by Gasteiger charge is 2.19. The van der Waals surface area contributed by atoms with E-state index in [0.717, 1.165) is 4.88 Å². The second kappa shape index (κ2) is 6.31. The second-order valence-electron chi connectivity index (χ2n) is 4.15. The number of benzene rings is 1. The molecule has 0 unspecified atom stereocenters. The van der Waals surface area contributed by atoms with Gasteiger partial charge in [-0.25, -0.2) is 13.1 Å². The highest BCUT2D eigenvalue weighted by atomic mass is 79.9. The Balaban J connectivity index is 2.31. The standard InChI is InChI=1S/C12H13BrN2O3S2/c1-8-11(13)2-9(6-16)3-12(8)20(17,18)15-5-10-4-14-7-19-10/h2-4,7,15-16H,5-6H2,1H3. The molecule has 0 aliphatic heterocycles. The number of thiazole rings is 1. The van der Waals surface area contributed by atoms with Crippen LogP contribution in [0, 0.1) is 6.92 Å². The van der Waals surface area contributed by atoms with Crippen molar-refractivity contribution in [1.82, 2.24) is 9.71 Å². The molecule has 2 aromatic rings. The molecule has 2 N–H and O–H groups in total. The fraction of sp³-hybridized carbons (Fsp3) is 0.250. The molecule has 108 valence electrons. The van der Waals surface area contributed by atoms with E-state index < -0.39 is 10.0 Å². The van der Waals surface area contributed by atoms with Crippen molar-refractivity contribution < 1.29 is 13.5 Å². The van der Waals surface area contributed by atoms with Crippen LogP contribution in [-0.2, 0) is 23.2 Å². The maximum Gasteiger partial charge on any atom is 0.241 e. The molecule has 0 atom stereocenters. The minimum absolute atomic E-state index is 0.167. The zero-order valence-electron chi connectivity index (χ0n) is 10.6. The van der Waals surface area contributed by atoms with Crippen LogP contribution >= 0.6 is 27.3 Å². The summed E-state index contributed by atoms with van der Waals surface area (Å²) in [4.78, 5) is 4.90. The van der Waals surface area contributed by atoms with Crippen molar-refractivity contribution in [3.8, 4) is 0 Å². The number of aliphatic hydroxyl groups is 1. The van der Waals surface area contributed by atoms with Gasteiger partial charge in [0.05, 0.1) is 17.0 Å². The van der Waals surface area contributed by atoms with Crippen molar-refractivity contribution in [2.24, 2.45) is 0 Å². The van der Waals surface area contributed by atoms with Crippen LogP contribution in [0.3, 0.4) is 0 Å². The van der Waals surface area contributed by atoms with Crippen molar-refractivity contribution in [3.05, 3.63) is 44.3 Å². The van der Waals surface area contributed by atoms with Crippen LogP contribution in [0.15, 0.2) is 33.2 Å². The van der Waals surface area contributed by atoms with Crippen molar-refractivity contribution in [3.63, 3.8) is 0 Å². The lowest BCUT2D eigenvalue weighted by Gasteiger charge is -2.11. The normalized spacial score (nSPS) is 11.8. The number of sulfonamides is 1. The summed E-state index contributed by atoms with van der Waals surface area (Å²) in [5.74, 6) is 0. The van der Waals surface area contributed by atoms with Gasteiger partial charge in [0.25, 0.3) is 0 Å². The Morgan fingerprint density at radius 1 is 1.45 bits per heavy atom. The number of hydrogen-bond donors (Lipinski definition) is 2. The molecule has 0 fully saturated rings. The maximum absolute atomic E-state index is 12.3. The summed E-state index contributed by atoms with van der Waals surface area (Å²) in [6.45, 7) is 1.70. The summed E-state index contributed by atoms with van der Waals surface area (Å²) in [5, 5.41) is 9.18. The lowest BCUT2D eigenvalue weighted by molar-refractivity contribution is 0.281. The summed E-state index contributed by atoms with van der Waals surface area (Å²) in [6.07, 6.45) is 1.63. The van der Waals surface area contributed by atoms with Crippen LogP contribution in [0.4, 0.5) is 0 Å². The predicted molar refractivity (Wildman–Crippen MR) is 80.9 cm³/mol. The average molecular weight is 377 g/mol. The monoisotopic (exact) mass is 376 g/mol. The molecule has 0 saturated carbocycles. The summed E-state index contributed by atoms with van der Waals surface area (Å²) >= 11 is 4.70. The first-order chi connectivity index (χ1) is 9.44. The van der Waals surface area contributed by atoms with Gasteiger partial charge in [-0.1, -0.05) is 15.9 Å². The highest BCUT2D eigenvalue weighted by Crippen LogP contribution is 2.26. The number of aliphatic hydroxyl groups excluding tert-OH is 1. The van der Waals surface area contributed by atoms with Gasteiger partial charge < -0.3 is 5.11 Å². The van der Waals surface area contributed by atoms with Crippen LogP contribution in [0.2, 0.25) is 0 Å². The van der Waals surface area contributed by atoms with E-state index in [9.17, 15) is 13.5 Å². The molecule has 0 saturated heterocycles.